The number of rotatable bonds is 3. The molecule has 3 aromatic carbocycles. The molecule has 6 heteroatoms. The minimum Gasteiger partial charge on any atom is -0.450 e. The van der Waals surface area contributed by atoms with Crippen LogP contribution in [-0.2, 0) is 6.54 Å². The second-order valence-corrected chi connectivity index (χ2v) is 8.54. The van der Waals surface area contributed by atoms with Gasteiger partial charge in [0.1, 0.15) is 5.58 Å². The third kappa shape index (κ3) is 3.15. The van der Waals surface area contributed by atoms with Gasteiger partial charge in [-0.2, -0.15) is 0 Å². The first-order valence-electron chi connectivity index (χ1n) is 9.39. The highest BCUT2D eigenvalue weighted by Crippen LogP contribution is 2.39. The molecule has 0 fully saturated rings. The van der Waals surface area contributed by atoms with Gasteiger partial charge in [-0.1, -0.05) is 70.0 Å². The van der Waals surface area contributed by atoms with E-state index in [-0.39, 0.29) is 17.1 Å². The van der Waals surface area contributed by atoms with Crippen molar-refractivity contribution in [3.05, 3.63) is 115 Å². The quantitative estimate of drug-likeness (QED) is 0.364. The van der Waals surface area contributed by atoms with Crippen LogP contribution in [0.1, 0.15) is 33.3 Å². The van der Waals surface area contributed by atoms with Gasteiger partial charge in [0.25, 0.3) is 5.91 Å². The molecule has 4 nitrogen and oxygen atoms in total. The molecule has 0 bridgehead atoms. The number of nitrogens with zero attached hydrogens (tertiary/aromatic N) is 1. The van der Waals surface area contributed by atoms with Crippen LogP contribution in [-0.4, -0.2) is 10.8 Å². The number of amides is 1. The Bertz CT molecular complexity index is 1330. The third-order valence-electron chi connectivity index (χ3n) is 5.31. The summed E-state index contributed by atoms with van der Waals surface area (Å²) < 4.78 is 6.73. The molecule has 4 aromatic rings. The van der Waals surface area contributed by atoms with Crippen molar-refractivity contribution in [3.63, 3.8) is 0 Å². The van der Waals surface area contributed by atoms with Crippen molar-refractivity contribution in [2.24, 2.45) is 0 Å². The summed E-state index contributed by atoms with van der Waals surface area (Å²) in [5, 5.41) is 1.03. The molecule has 1 aromatic heterocycles. The van der Waals surface area contributed by atoms with Gasteiger partial charge in [-0.05, 0) is 41.5 Å². The van der Waals surface area contributed by atoms with E-state index in [0.29, 0.717) is 28.1 Å². The summed E-state index contributed by atoms with van der Waals surface area (Å²) >= 11 is 9.48. The lowest BCUT2D eigenvalue weighted by atomic mass is 9.98. The fraction of sp³-hybridized carbons (Fsp3) is 0.0833. The van der Waals surface area contributed by atoms with E-state index in [1.807, 2.05) is 42.5 Å². The molecule has 0 saturated carbocycles. The van der Waals surface area contributed by atoms with Crippen LogP contribution < -0.4 is 5.43 Å². The van der Waals surface area contributed by atoms with Gasteiger partial charge in [-0.3, -0.25) is 9.59 Å². The zero-order valence-electron chi connectivity index (χ0n) is 15.6. The molecule has 1 unspecified atom stereocenters. The molecule has 0 spiro atoms. The van der Waals surface area contributed by atoms with Gasteiger partial charge in [-0.25, -0.2) is 0 Å². The highest BCUT2D eigenvalue weighted by molar-refractivity contribution is 9.10. The van der Waals surface area contributed by atoms with Crippen LogP contribution in [0.2, 0.25) is 5.02 Å². The first-order valence-corrected chi connectivity index (χ1v) is 10.6. The molecule has 30 heavy (non-hydrogen) atoms. The number of carbonyl (C=O) groups excluding carboxylic acids is 1. The number of hydrogen-bond donors (Lipinski definition) is 0. The highest BCUT2D eigenvalue weighted by Gasteiger charge is 2.42. The van der Waals surface area contributed by atoms with Crippen LogP contribution >= 0.6 is 27.5 Å². The summed E-state index contributed by atoms with van der Waals surface area (Å²) in [6.45, 7) is 0.358. The molecule has 0 radical (unpaired) electrons. The van der Waals surface area contributed by atoms with Crippen molar-refractivity contribution in [1.29, 1.82) is 0 Å². The second kappa shape index (κ2) is 7.42. The maximum atomic E-state index is 13.5. The standard InChI is InChI=1S/C24H15BrClNO3/c25-16-8-11-19-18(12-16)22(28)20-21(15-6-9-17(26)10-7-15)27(24(29)23(20)30-19)13-14-4-2-1-3-5-14/h1-12,21H,13H2. The van der Waals surface area contributed by atoms with E-state index in [9.17, 15) is 9.59 Å². The van der Waals surface area contributed by atoms with Gasteiger partial charge in [0.15, 0.2) is 5.43 Å². The average molecular weight is 481 g/mol. The van der Waals surface area contributed by atoms with E-state index >= 15 is 0 Å². The Kier molecular flexibility index (Phi) is 4.72. The minimum atomic E-state index is -0.551. The van der Waals surface area contributed by atoms with Crippen LogP contribution in [0.4, 0.5) is 0 Å². The van der Waals surface area contributed by atoms with E-state index < -0.39 is 6.04 Å². The average Bonchev–Trinajstić information content (AvgIpc) is 3.02. The largest absolute Gasteiger partial charge is 0.450 e. The lowest BCUT2D eigenvalue weighted by Crippen LogP contribution is -2.29. The van der Waals surface area contributed by atoms with E-state index in [0.717, 1.165) is 15.6 Å². The molecule has 1 aliphatic rings. The number of carbonyl (C=O) groups is 1. The Labute approximate surface area is 185 Å². The molecule has 0 aliphatic carbocycles. The van der Waals surface area contributed by atoms with Gasteiger partial charge in [0, 0.05) is 16.0 Å². The maximum Gasteiger partial charge on any atom is 0.291 e. The van der Waals surface area contributed by atoms with E-state index in [1.165, 1.54) is 0 Å². The molecule has 0 saturated heterocycles. The molecule has 5 rings (SSSR count). The van der Waals surface area contributed by atoms with Crippen LogP contribution in [0.25, 0.3) is 11.0 Å². The summed E-state index contributed by atoms with van der Waals surface area (Å²) in [6, 6.07) is 21.6. The van der Waals surface area contributed by atoms with Gasteiger partial charge < -0.3 is 9.32 Å². The Balaban J connectivity index is 1.74. The Hall–Kier alpha value is -2.89. The third-order valence-corrected chi connectivity index (χ3v) is 6.05. The fourth-order valence-electron chi connectivity index (χ4n) is 3.93. The molecule has 1 atom stereocenters. The molecule has 0 N–H and O–H groups in total. The summed E-state index contributed by atoms with van der Waals surface area (Å²) in [5.74, 6) is -0.193. The van der Waals surface area contributed by atoms with E-state index in [2.05, 4.69) is 15.9 Å². The Morgan fingerprint density at radius 2 is 1.70 bits per heavy atom. The molecule has 2 heterocycles. The van der Waals surface area contributed by atoms with Crippen LogP contribution in [0.15, 0.2) is 86.5 Å². The van der Waals surface area contributed by atoms with Crippen molar-refractivity contribution in [2.75, 3.05) is 0 Å². The minimum absolute atomic E-state index is 0.103. The summed E-state index contributed by atoms with van der Waals surface area (Å²) in [7, 11) is 0. The molecule has 1 aliphatic heterocycles. The number of hydrogen-bond acceptors (Lipinski definition) is 3. The van der Waals surface area contributed by atoms with E-state index in [1.54, 1.807) is 35.2 Å². The Morgan fingerprint density at radius 1 is 0.967 bits per heavy atom. The van der Waals surface area contributed by atoms with E-state index in [4.69, 9.17) is 16.0 Å². The van der Waals surface area contributed by atoms with Crippen LogP contribution in [0.3, 0.4) is 0 Å². The lowest BCUT2D eigenvalue weighted by Gasteiger charge is -2.25. The molecular formula is C24H15BrClNO3. The fourth-order valence-corrected chi connectivity index (χ4v) is 4.41. The van der Waals surface area contributed by atoms with Crippen molar-refractivity contribution in [2.45, 2.75) is 12.6 Å². The van der Waals surface area contributed by atoms with Crippen LogP contribution in [0, 0.1) is 0 Å². The first-order chi connectivity index (χ1) is 14.5. The SMILES string of the molecule is O=C1c2oc3ccc(Br)cc3c(=O)c2C(c2ccc(Cl)cc2)N1Cc1ccccc1. The number of fused-ring (bicyclic) bond motifs is 2. The topological polar surface area (TPSA) is 50.5 Å². The highest BCUT2D eigenvalue weighted by atomic mass is 79.9. The van der Waals surface area contributed by atoms with Gasteiger partial charge in [-0.15, -0.1) is 0 Å². The predicted octanol–water partition coefficient (Wildman–Crippen LogP) is 5.95. The number of halogens is 2. The van der Waals surface area contributed by atoms with Crippen molar-refractivity contribution < 1.29 is 9.21 Å². The second-order valence-electron chi connectivity index (χ2n) is 7.19. The summed E-state index contributed by atoms with van der Waals surface area (Å²) in [6.07, 6.45) is 0. The van der Waals surface area contributed by atoms with Crippen molar-refractivity contribution in [1.82, 2.24) is 4.90 Å². The monoisotopic (exact) mass is 479 g/mol. The first kappa shape index (κ1) is 19.1. The maximum absolute atomic E-state index is 13.5. The van der Waals surface area contributed by atoms with Crippen LogP contribution in [0.5, 0.6) is 0 Å². The van der Waals surface area contributed by atoms with Crippen molar-refractivity contribution >= 4 is 44.4 Å². The summed E-state index contributed by atoms with van der Waals surface area (Å²) in [4.78, 5) is 28.5. The summed E-state index contributed by atoms with van der Waals surface area (Å²) in [5.41, 5.74) is 2.34. The molecule has 1 amide bonds. The lowest BCUT2D eigenvalue weighted by molar-refractivity contribution is 0.0714. The number of benzene rings is 3. The van der Waals surface area contributed by atoms with Gasteiger partial charge in [0.05, 0.1) is 17.0 Å². The van der Waals surface area contributed by atoms with Gasteiger partial charge in [0.2, 0.25) is 5.76 Å². The normalized spacial score (nSPS) is 15.6. The smallest absolute Gasteiger partial charge is 0.291 e. The predicted molar refractivity (Wildman–Crippen MR) is 120 cm³/mol. The van der Waals surface area contributed by atoms with Gasteiger partial charge >= 0.3 is 0 Å². The zero-order valence-corrected chi connectivity index (χ0v) is 18.0. The zero-order chi connectivity index (χ0) is 20.8. The molecule has 148 valence electrons. The van der Waals surface area contributed by atoms with Crippen molar-refractivity contribution in [3.8, 4) is 0 Å². The Morgan fingerprint density at radius 3 is 2.43 bits per heavy atom. The molecular weight excluding hydrogens is 466 g/mol.